The second kappa shape index (κ2) is 4.54. The summed E-state index contributed by atoms with van der Waals surface area (Å²) in [6.07, 6.45) is 0. The molecule has 15 heavy (non-hydrogen) atoms. The summed E-state index contributed by atoms with van der Waals surface area (Å²) in [5.74, 6) is 8.93. The Morgan fingerprint density at radius 1 is 1.07 bits per heavy atom. The molecule has 0 heterocycles. The van der Waals surface area contributed by atoms with E-state index in [1.807, 2.05) is 10.9 Å². The summed E-state index contributed by atoms with van der Waals surface area (Å²) < 4.78 is 0. The van der Waals surface area contributed by atoms with Crippen LogP contribution in [0.2, 0.25) is 0 Å². The van der Waals surface area contributed by atoms with Crippen LogP contribution in [0.1, 0.15) is 26.3 Å². The Morgan fingerprint density at radius 2 is 1.60 bits per heavy atom. The summed E-state index contributed by atoms with van der Waals surface area (Å²) in [4.78, 5) is 22.7. The van der Waals surface area contributed by atoms with Gasteiger partial charge in [0.15, 0.2) is 0 Å². The van der Waals surface area contributed by atoms with Gasteiger partial charge >= 0.3 is 0 Å². The van der Waals surface area contributed by atoms with Gasteiger partial charge in [-0.05, 0) is 19.1 Å². The molecule has 0 aliphatic carbocycles. The molecule has 80 valence electrons. The van der Waals surface area contributed by atoms with Gasteiger partial charge in [0.05, 0.1) is 11.1 Å². The maximum Gasteiger partial charge on any atom is 0.265 e. The Kier molecular flexibility index (Phi) is 3.37. The van der Waals surface area contributed by atoms with Gasteiger partial charge in [-0.25, -0.2) is 11.7 Å². The number of hydrazine groups is 2. The maximum atomic E-state index is 11.3. The Labute approximate surface area is 86.6 Å². The fourth-order valence-corrected chi connectivity index (χ4v) is 1.20. The lowest BCUT2D eigenvalue weighted by molar-refractivity contribution is 0.0919. The number of hydrogen-bond acceptors (Lipinski definition) is 4. The number of benzene rings is 1. The normalized spacial score (nSPS) is 9.53. The fourth-order valence-electron chi connectivity index (χ4n) is 1.20. The van der Waals surface area contributed by atoms with E-state index in [4.69, 9.17) is 11.7 Å². The molecule has 0 unspecified atom stereocenters. The molecular formula is C9H12N4O2. The van der Waals surface area contributed by atoms with Crippen LogP contribution in [-0.4, -0.2) is 11.8 Å². The maximum absolute atomic E-state index is 11.3. The Hall–Kier alpha value is -1.92. The van der Waals surface area contributed by atoms with E-state index in [1.165, 1.54) is 6.07 Å². The van der Waals surface area contributed by atoms with Gasteiger partial charge < -0.3 is 0 Å². The molecule has 0 radical (unpaired) electrons. The number of carbonyl (C=O) groups excluding carboxylic acids is 2. The van der Waals surface area contributed by atoms with Crippen LogP contribution in [0.5, 0.6) is 0 Å². The molecule has 1 rings (SSSR count). The van der Waals surface area contributed by atoms with Gasteiger partial charge in [0.2, 0.25) is 0 Å². The monoisotopic (exact) mass is 208 g/mol. The number of amides is 2. The number of carbonyl (C=O) groups is 2. The average molecular weight is 208 g/mol. The van der Waals surface area contributed by atoms with E-state index in [-0.39, 0.29) is 11.1 Å². The van der Waals surface area contributed by atoms with Gasteiger partial charge in [0.1, 0.15) is 0 Å². The molecule has 1 aromatic rings. The summed E-state index contributed by atoms with van der Waals surface area (Å²) in [5.41, 5.74) is 5.16. The summed E-state index contributed by atoms with van der Waals surface area (Å²) in [5, 5.41) is 0. The third kappa shape index (κ3) is 2.30. The van der Waals surface area contributed by atoms with Crippen LogP contribution in [0, 0.1) is 6.92 Å². The molecule has 0 bridgehead atoms. The lowest BCUT2D eigenvalue weighted by atomic mass is 10.0. The predicted octanol–water partition coefficient (Wildman–Crippen LogP) is -0.798. The molecule has 0 spiro atoms. The minimum absolute atomic E-state index is 0.186. The number of hydrogen-bond donors (Lipinski definition) is 4. The highest BCUT2D eigenvalue weighted by atomic mass is 16.2. The second-order valence-electron chi connectivity index (χ2n) is 3.00. The van der Waals surface area contributed by atoms with Crippen molar-refractivity contribution in [1.29, 1.82) is 0 Å². The number of aryl methyl sites for hydroxylation is 1. The smallest absolute Gasteiger partial charge is 0.265 e. The lowest BCUT2D eigenvalue weighted by Crippen LogP contribution is -2.35. The van der Waals surface area contributed by atoms with Crippen LogP contribution in [0.4, 0.5) is 0 Å². The highest BCUT2D eigenvalue weighted by molar-refractivity contribution is 6.07. The van der Waals surface area contributed by atoms with Crippen molar-refractivity contribution in [2.75, 3.05) is 0 Å². The molecule has 6 N–H and O–H groups in total. The van der Waals surface area contributed by atoms with Crippen molar-refractivity contribution in [3.63, 3.8) is 0 Å². The first-order valence-electron chi connectivity index (χ1n) is 4.22. The molecule has 1 aromatic carbocycles. The first kappa shape index (κ1) is 11.2. The first-order valence-corrected chi connectivity index (χ1v) is 4.22. The SMILES string of the molecule is Cc1ccc(C(=O)NN)c(C(=O)NN)c1. The van der Waals surface area contributed by atoms with E-state index in [0.717, 1.165) is 5.56 Å². The van der Waals surface area contributed by atoms with Gasteiger partial charge in [-0.3, -0.25) is 20.4 Å². The zero-order chi connectivity index (χ0) is 11.4. The number of nitrogens with two attached hydrogens (primary N) is 2. The van der Waals surface area contributed by atoms with Crippen LogP contribution < -0.4 is 22.5 Å². The molecule has 6 heteroatoms. The highest BCUT2D eigenvalue weighted by Crippen LogP contribution is 2.11. The van der Waals surface area contributed by atoms with Crippen molar-refractivity contribution in [3.05, 3.63) is 34.9 Å². The summed E-state index contributed by atoms with van der Waals surface area (Å²) >= 11 is 0. The number of nitrogens with one attached hydrogen (secondary N) is 2. The molecule has 0 aromatic heterocycles. The number of rotatable bonds is 2. The minimum Gasteiger partial charge on any atom is -0.290 e. The van der Waals surface area contributed by atoms with Crippen LogP contribution >= 0.6 is 0 Å². The lowest BCUT2D eigenvalue weighted by Gasteiger charge is -2.07. The minimum atomic E-state index is -0.534. The molecule has 0 atom stereocenters. The quantitative estimate of drug-likeness (QED) is 0.290. The molecule has 0 aliphatic heterocycles. The van der Waals surface area contributed by atoms with E-state index < -0.39 is 11.8 Å². The average Bonchev–Trinajstić information content (AvgIpc) is 2.26. The van der Waals surface area contributed by atoms with E-state index in [2.05, 4.69) is 0 Å². The molecular weight excluding hydrogens is 196 g/mol. The Balaban J connectivity index is 3.26. The fraction of sp³-hybridized carbons (Fsp3) is 0.111. The van der Waals surface area contributed by atoms with Gasteiger partial charge in [-0.15, -0.1) is 0 Å². The zero-order valence-corrected chi connectivity index (χ0v) is 8.20. The zero-order valence-electron chi connectivity index (χ0n) is 8.20. The van der Waals surface area contributed by atoms with Gasteiger partial charge in [-0.1, -0.05) is 11.6 Å². The van der Waals surface area contributed by atoms with Crippen molar-refractivity contribution in [1.82, 2.24) is 10.9 Å². The van der Waals surface area contributed by atoms with Crippen LogP contribution in [0.15, 0.2) is 18.2 Å². The Morgan fingerprint density at radius 3 is 2.13 bits per heavy atom. The van der Waals surface area contributed by atoms with Crippen molar-refractivity contribution in [2.24, 2.45) is 11.7 Å². The Bertz CT molecular complexity index is 403. The summed E-state index contributed by atoms with van der Waals surface area (Å²) in [7, 11) is 0. The van der Waals surface area contributed by atoms with E-state index >= 15 is 0 Å². The third-order valence-electron chi connectivity index (χ3n) is 1.93. The largest absolute Gasteiger partial charge is 0.290 e. The third-order valence-corrected chi connectivity index (χ3v) is 1.93. The first-order chi connectivity index (χ1) is 7.10. The van der Waals surface area contributed by atoms with Gasteiger partial charge in [-0.2, -0.15) is 0 Å². The summed E-state index contributed by atoms with van der Waals surface area (Å²) in [6, 6.07) is 4.78. The van der Waals surface area contributed by atoms with Gasteiger partial charge in [0.25, 0.3) is 11.8 Å². The van der Waals surface area contributed by atoms with Crippen LogP contribution in [0.25, 0.3) is 0 Å². The number of nitrogen functional groups attached to an aromatic ring is 2. The van der Waals surface area contributed by atoms with Crippen LogP contribution in [0.3, 0.4) is 0 Å². The molecule has 0 fully saturated rings. The molecule has 6 nitrogen and oxygen atoms in total. The highest BCUT2D eigenvalue weighted by Gasteiger charge is 2.15. The van der Waals surface area contributed by atoms with Crippen molar-refractivity contribution in [2.45, 2.75) is 6.92 Å². The van der Waals surface area contributed by atoms with Crippen molar-refractivity contribution in [3.8, 4) is 0 Å². The molecule has 0 saturated heterocycles. The topological polar surface area (TPSA) is 110 Å². The van der Waals surface area contributed by atoms with Crippen molar-refractivity contribution < 1.29 is 9.59 Å². The summed E-state index contributed by atoms with van der Waals surface area (Å²) in [6.45, 7) is 1.80. The second-order valence-corrected chi connectivity index (χ2v) is 3.00. The predicted molar refractivity (Wildman–Crippen MR) is 54.5 cm³/mol. The van der Waals surface area contributed by atoms with Crippen LogP contribution in [-0.2, 0) is 0 Å². The van der Waals surface area contributed by atoms with Crippen molar-refractivity contribution >= 4 is 11.8 Å². The molecule has 2 amide bonds. The molecule has 0 aliphatic rings. The van der Waals surface area contributed by atoms with E-state index in [1.54, 1.807) is 19.1 Å². The van der Waals surface area contributed by atoms with Gasteiger partial charge in [0, 0.05) is 0 Å². The van der Waals surface area contributed by atoms with E-state index in [9.17, 15) is 9.59 Å². The molecule has 0 saturated carbocycles. The van der Waals surface area contributed by atoms with E-state index in [0.29, 0.717) is 0 Å². The standard InChI is InChI=1S/C9H12N4O2/c1-5-2-3-6(8(14)12-10)7(4-5)9(15)13-11/h2-4H,10-11H2,1H3,(H,12,14)(H,13,15).